The molecule has 0 aliphatic heterocycles. The van der Waals surface area contributed by atoms with Crippen LogP contribution in [-0.4, -0.2) is 42.0 Å². The van der Waals surface area contributed by atoms with Crippen LogP contribution in [0.15, 0.2) is 53.0 Å². The average molecular weight is 446 g/mol. The monoisotopic (exact) mass is 446 g/mol. The van der Waals surface area contributed by atoms with Crippen LogP contribution < -0.4 is 5.32 Å². The lowest BCUT2D eigenvalue weighted by Gasteiger charge is -2.04. The van der Waals surface area contributed by atoms with Gasteiger partial charge in [0.25, 0.3) is 0 Å². The number of aromatic hydroxyl groups is 1. The Balaban J connectivity index is 1.38. The quantitative estimate of drug-likeness (QED) is 0.437. The number of amides is 1. The van der Waals surface area contributed by atoms with E-state index in [0.717, 1.165) is 23.9 Å². The summed E-state index contributed by atoms with van der Waals surface area (Å²) in [5.41, 5.74) is 1.48. The van der Waals surface area contributed by atoms with Crippen LogP contribution in [0.25, 0.3) is 16.9 Å². The maximum Gasteiger partial charge on any atom is 0.236 e. The second kappa shape index (κ2) is 8.55. The van der Waals surface area contributed by atoms with Gasteiger partial charge in [-0.3, -0.25) is 4.79 Å². The van der Waals surface area contributed by atoms with Crippen molar-refractivity contribution in [3.05, 3.63) is 59.5 Å². The zero-order chi connectivity index (χ0) is 21.1. The molecule has 0 aliphatic rings. The minimum Gasteiger partial charge on any atom is -0.508 e. The van der Waals surface area contributed by atoms with Gasteiger partial charge in [-0.25, -0.2) is 13.8 Å². The molecule has 2 aromatic carbocycles. The number of tetrazole rings is 1. The molecule has 2 aromatic heterocycles. The molecule has 0 atom stereocenters. The predicted molar refractivity (Wildman–Crippen MR) is 108 cm³/mol. The second-order valence-corrected chi connectivity index (χ2v) is 7.69. The molecule has 2 heterocycles. The van der Waals surface area contributed by atoms with E-state index in [9.17, 15) is 18.7 Å². The fourth-order valence-electron chi connectivity index (χ4n) is 2.43. The fraction of sp³-hybridized carbons (Fsp3) is 0.0556. The maximum absolute atomic E-state index is 13.4. The highest BCUT2D eigenvalue weighted by Gasteiger charge is 2.14. The normalized spacial score (nSPS) is 10.9. The number of carbonyl (C=O) groups excluding carboxylic acids is 1. The molecule has 1 amide bonds. The van der Waals surface area contributed by atoms with E-state index in [0.29, 0.717) is 27.2 Å². The second-order valence-electron chi connectivity index (χ2n) is 5.89. The molecule has 0 saturated heterocycles. The first-order chi connectivity index (χ1) is 14.5. The smallest absolute Gasteiger partial charge is 0.236 e. The Morgan fingerprint density at radius 3 is 2.73 bits per heavy atom. The summed E-state index contributed by atoms with van der Waals surface area (Å²) in [5, 5.41) is 25.8. The number of benzene rings is 2. The van der Waals surface area contributed by atoms with Crippen LogP contribution in [-0.2, 0) is 4.79 Å². The zero-order valence-corrected chi connectivity index (χ0v) is 16.6. The molecule has 4 aromatic rings. The highest BCUT2D eigenvalue weighted by atomic mass is 32.2. The van der Waals surface area contributed by atoms with Crippen LogP contribution >= 0.6 is 23.1 Å². The molecule has 0 unspecified atom stereocenters. The largest absolute Gasteiger partial charge is 0.508 e. The first-order valence-electron chi connectivity index (χ1n) is 8.41. The lowest BCUT2D eigenvalue weighted by Crippen LogP contribution is -2.14. The molecule has 0 saturated carbocycles. The number of rotatable bonds is 6. The number of aromatic nitrogens is 5. The van der Waals surface area contributed by atoms with Crippen molar-refractivity contribution in [3.63, 3.8) is 0 Å². The number of anilines is 1. The summed E-state index contributed by atoms with van der Waals surface area (Å²) in [6.07, 6.45) is 0. The van der Waals surface area contributed by atoms with Gasteiger partial charge in [0.05, 0.1) is 17.1 Å². The van der Waals surface area contributed by atoms with Gasteiger partial charge >= 0.3 is 0 Å². The van der Waals surface area contributed by atoms with Crippen LogP contribution in [0.5, 0.6) is 5.75 Å². The summed E-state index contributed by atoms with van der Waals surface area (Å²) >= 11 is 2.29. The van der Waals surface area contributed by atoms with Gasteiger partial charge < -0.3 is 10.4 Å². The van der Waals surface area contributed by atoms with Gasteiger partial charge in [-0.2, -0.15) is 4.68 Å². The highest BCUT2D eigenvalue weighted by molar-refractivity contribution is 7.99. The van der Waals surface area contributed by atoms with Crippen LogP contribution in [0.2, 0.25) is 0 Å². The predicted octanol–water partition coefficient (Wildman–Crippen LogP) is 3.50. The number of thioether (sulfide) groups is 1. The lowest BCUT2D eigenvalue weighted by atomic mass is 10.2. The van der Waals surface area contributed by atoms with E-state index in [1.54, 1.807) is 17.5 Å². The number of hydrogen-bond donors (Lipinski definition) is 2. The van der Waals surface area contributed by atoms with Gasteiger partial charge in [0.2, 0.25) is 11.1 Å². The van der Waals surface area contributed by atoms with Crippen molar-refractivity contribution < 1.29 is 18.7 Å². The van der Waals surface area contributed by atoms with E-state index in [1.165, 1.54) is 34.2 Å². The number of carbonyl (C=O) groups is 1. The molecule has 0 bridgehead atoms. The Bertz CT molecular complexity index is 1200. The van der Waals surface area contributed by atoms with Gasteiger partial charge in [-0.05, 0) is 52.9 Å². The molecule has 30 heavy (non-hydrogen) atoms. The average Bonchev–Trinajstić information content (AvgIpc) is 3.39. The van der Waals surface area contributed by atoms with Crippen molar-refractivity contribution in [2.45, 2.75) is 5.16 Å². The van der Waals surface area contributed by atoms with Gasteiger partial charge in [0.15, 0.2) is 16.8 Å². The third kappa shape index (κ3) is 4.44. The third-order valence-electron chi connectivity index (χ3n) is 3.83. The number of nitrogens with one attached hydrogen (secondary N) is 1. The Kier molecular flexibility index (Phi) is 5.68. The summed E-state index contributed by atoms with van der Waals surface area (Å²) in [6.45, 7) is 0. The SMILES string of the molecule is O=C(CSc1nnnn1-c1ccc(O)cc1)Nc1nc(-c2ccc(F)c(F)c2)cs1. The van der Waals surface area contributed by atoms with Crippen molar-refractivity contribution in [1.29, 1.82) is 0 Å². The Hall–Kier alpha value is -3.38. The maximum atomic E-state index is 13.4. The molecule has 0 spiro atoms. The molecule has 0 radical (unpaired) electrons. The Labute approximate surface area is 176 Å². The molecule has 4 rings (SSSR count). The summed E-state index contributed by atoms with van der Waals surface area (Å²) in [7, 11) is 0. The number of phenolic OH excluding ortho intramolecular Hbond substituents is 1. The first-order valence-corrected chi connectivity index (χ1v) is 10.3. The van der Waals surface area contributed by atoms with E-state index in [1.807, 2.05) is 0 Å². The van der Waals surface area contributed by atoms with Gasteiger partial charge in [0.1, 0.15) is 5.75 Å². The Morgan fingerprint density at radius 1 is 1.17 bits per heavy atom. The third-order valence-corrected chi connectivity index (χ3v) is 5.51. The van der Waals surface area contributed by atoms with E-state index >= 15 is 0 Å². The highest BCUT2D eigenvalue weighted by Crippen LogP contribution is 2.26. The van der Waals surface area contributed by atoms with Crippen molar-refractivity contribution in [2.24, 2.45) is 0 Å². The van der Waals surface area contributed by atoms with Gasteiger partial charge in [-0.1, -0.05) is 11.8 Å². The lowest BCUT2D eigenvalue weighted by molar-refractivity contribution is -0.113. The molecule has 12 heteroatoms. The molecule has 152 valence electrons. The van der Waals surface area contributed by atoms with Crippen LogP contribution in [0, 0.1) is 11.6 Å². The van der Waals surface area contributed by atoms with Gasteiger partial charge in [-0.15, -0.1) is 16.4 Å². The summed E-state index contributed by atoms with van der Waals surface area (Å²) in [5.74, 6) is -2.08. The van der Waals surface area contributed by atoms with Crippen molar-refractivity contribution in [1.82, 2.24) is 25.2 Å². The number of nitrogens with zero attached hydrogens (tertiary/aromatic N) is 5. The van der Waals surface area contributed by atoms with E-state index in [2.05, 4.69) is 25.8 Å². The fourth-order valence-corrected chi connectivity index (χ4v) is 3.86. The molecule has 8 nitrogen and oxygen atoms in total. The molecule has 2 N–H and O–H groups in total. The van der Waals surface area contributed by atoms with Crippen molar-refractivity contribution >= 4 is 34.1 Å². The summed E-state index contributed by atoms with van der Waals surface area (Å²) in [6, 6.07) is 9.79. The molecule has 0 fully saturated rings. The standard InChI is InChI=1S/C18H12F2N6O2S2/c19-13-6-1-10(7-14(13)20)15-8-29-17(21-15)22-16(28)9-30-18-23-24-25-26(18)11-2-4-12(27)5-3-11/h1-8,27H,9H2,(H,21,22,28). The Morgan fingerprint density at radius 2 is 1.97 bits per heavy atom. The first kappa shape index (κ1) is 19.9. The van der Waals surface area contributed by atoms with Crippen LogP contribution in [0.3, 0.4) is 0 Å². The minimum absolute atomic E-state index is 0.0263. The molecular weight excluding hydrogens is 434 g/mol. The molecular formula is C18H12F2N6O2S2. The van der Waals surface area contributed by atoms with Crippen molar-refractivity contribution in [2.75, 3.05) is 11.1 Å². The zero-order valence-electron chi connectivity index (χ0n) is 15.0. The summed E-state index contributed by atoms with van der Waals surface area (Å²) < 4.78 is 27.9. The number of thiazole rings is 1. The molecule has 0 aliphatic carbocycles. The summed E-state index contributed by atoms with van der Waals surface area (Å²) in [4.78, 5) is 16.5. The topological polar surface area (TPSA) is 106 Å². The van der Waals surface area contributed by atoms with E-state index < -0.39 is 11.6 Å². The number of phenols is 1. The van der Waals surface area contributed by atoms with Crippen molar-refractivity contribution in [3.8, 4) is 22.7 Å². The van der Waals surface area contributed by atoms with E-state index in [-0.39, 0.29) is 17.4 Å². The number of halogens is 2. The van der Waals surface area contributed by atoms with Gasteiger partial charge in [0, 0.05) is 10.9 Å². The van der Waals surface area contributed by atoms with Crippen LogP contribution in [0.4, 0.5) is 13.9 Å². The minimum atomic E-state index is -0.964. The number of hydrogen-bond acceptors (Lipinski definition) is 8. The van der Waals surface area contributed by atoms with E-state index in [4.69, 9.17) is 0 Å². The van der Waals surface area contributed by atoms with Crippen LogP contribution in [0.1, 0.15) is 0 Å².